The maximum atomic E-state index is 12.9. The first-order valence-corrected chi connectivity index (χ1v) is 10.6. The van der Waals surface area contributed by atoms with Crippen LogP contribution in [-0.4, -0.2) is 13.1 Å². The van der Waals surface area contributed by atoms with Gasteiger partial charge in [-0.25, -0.2) is 17.6 Å². The van der Waals surface area contributed by atoms with Crippen LogP contribution in [0.3, 0.4) is 0 Å². The summed E-state index contributed by atoms with van der Waals surface area (Å²) in [6, 6.07) is 12.6. The van der Waals surface area contributed by atoms with Gasteiger partial charge >= 0.3 is 6.18 Å². The highest BCUT2D eigenvalue weighted by Crippen LogP contribution is 2.31. The smallest absolute Gasteiger partial charge is 0.330 e. The SMILES string of the molecule is CC(N)c1cccc(F)c1.NCCc1ccc(C(F)(F)F)c(F)c1.NCCc1ccc(F)cc1F. The molecule has 0 fully saturated rings. The van der Waals surface area contributed by atoms with E-state index in [4.69, 9.17) is 17.2 Å². The maximum absolute atomic E-state index is 12.9. The molecule has 3 nitrogen and oxygen atoms in total. The fourth-order valence-electron chi connectivity index (χ4n) is 2.78. The maximum Gasteiger partial charge on any atom is 0.419 e. The Labute approximate surface area is 199 Å². The molecule has 3 rings (SSSR count). The van der Waals surface area contributed by atoms with Crippen LogP contribution in [0, 0.1) is 23.3 Å². The number of hydrogen-bond acceptors (Lipinski definition) is 3. The number of rotatable bonds is 5. The lowest BCUT2D eigenvalue weighted by Crippen LogP contribution is -2.09. The molecule has 10 heteroatoms. The van der Waals surface area contributed by atoms with Gasteiger partial charge in [-0.3, -0.25) is 0 Å². The van der Waals surface area contributed by atoms with E-state index in [0.29, 0.717) is 30.5 Å². The van der Waals surface area contributed by atoms with Crippen LogP contribution in [0.1, 0.15) is 35.2 Å². The Morgan fingerprint density at radius 2 is 1.37 bits per heavy atom. The van der Waals surface area contributed by atoms with Gasteiger partial charge < -0.3 is 17.2 Å². The standard InChI is InChI=1S/C9H9F4N.C8H9F2N.C8H10FN/c10-8-5-6(3-4-14)1-2-7(8)9(11,12)13;9-7-2-1-6(3-4-11)8(10)5-7;1-6(10)7-3-2-4-8(9)5-7/h1-2,5H,3-4,14H2;1-2,5H,3-4,11H2;2-6H,10H2,1H3. The van der Waals surface area contributed by atoms with E-state index >= 15 is 0 Å². The molecule has 0 bridgehead atoms. The fraction of sp³-hybridized carbons (Fsp3) is 0.280. The van der Waals surface area contributed by atoms with E-state index < -0.39 is 29.2 Å². The molecular weight excluding hydrogens is 475 g/mol. The Hall–Kier alpha value is -2.95. The molecule has 35 heavy (non-hydrogen) atoms. The number of halogens is 7. The van der Waals surface area contributed by atoms with Crippen LogP contribution in [0.4, 0.5) is 30.7 Å². The predicted octanol–water partition coefficient (Wildman–Crippen LogP) is 5.66. The molecule has 0 aliphatic carbocycles. The number of nitrogens with two attached hydrogens (primary N) is 3. The molecule has 0 saturated carbocycles. The molecule has 0 radical (unpaired) electrons. The van der Waals surface area contributed by atoms with Gasteiger partial charge in [-0.1, -0.05) is 24.3 Å². The molecule has 0 spiro atoms. The van der Waals surface area contributed by atoms with Crippen LogP contribution in [0.2, 0.25) is 0 Å². The molecule has 1 atom stereocenters. The molecule has 3 aromatic carbocycles. The zero-order valence-corrected chi connectivity index (χ0v) is 19.1. The second kappa shape index (κ2) is 14.4. The van der Waals surface area contributed by atoms with E-state index in [2.05, 4.69) is 0 Å². The Kier molecular flexibility index (Phi) is 12.4. The van der Waals surface area contributed by atoms with Crippen molar-refractivity contribution in [1.82, 2.24) is 0 Å². The second-order valence-corrected chi connectivity index (χ2v) is 7.47. The molecule has 0 amide bonds. The van der Waals surface area contributed by atoms with E-state index in [0.717, 1.165) is 23.8 Å². The van der Waals surface area contributed by atoms with Gasteiger partial charge in [-0.05, 0) is 79.9 Å². The Morgan fingerprint density at radius 3 is 1.83 bits per heavy atom. The first-order valence-electron chi connectivity index (χ1n) is 10.6. The lowest BCUT2D eigenvalue weighted by molar-refractivity contribution is -0.140. The van der Waals surface area contributed by atoms with Crippen molar-refractivity contribution in [3.63, 3.8) is 0 Å². The Balaban J connectivity index is 0.000000267. The lowest BCUT2D eigenvalue weighted by Gasteiger charge is -2.08. The van der Waals surface area contributed by atoms with E-state index in [9.17, 15) is 30.7 Å². The third-order valence-corrected chi connectivity index (χ3v) is 4.58. The van der Waals surface area contributed by atoms with Crippen LogP contribution in [0.25, 0.3) is 0 Å². The number of hydrogen-bond donors (Lipinski definition) is 3. The minimum absolute atomic E-state index is 0.0873. The summed E-state index contributed by atoms with van der Waals surface area (Å²) >= 11 is 0. The molecule has 1 unspecified atom stereocenters. The molecular formula is C25H28F7N3. The molecule has 0 heterocycles. The highest BCUT2D eigenvalue weighted by atomic mass is 19.4. The Bertz CT molecular complexity index is 1050. The fourth-order valence-corrected chi connectivity index (χ4v) is 2.78. The van der Waals surface area contributed by atoms with Gasteiger partial charge in [0.05, 0.1) is 5.56 Å². The van der Waals surface area contributed by atoms with Gasteiger partial charge in [0, 0.05) is 12.1 Å². The van der Waals surface area contributed by atoms with E-state index in [1.54, 1.807) is 6.07 Å². The quantitative estimate of drug-likeness (QED) is 0.394. The first-order chi connectivity index (χ1) is 16.4. The van der Waals surface area contributed by atoms with E-state index in [-0.39, 0.29) is 18.4 Å². The van der Waals surface area contributed by atoms with Crippen molar-refractivity contribution in [2.24, 2.45) is 17.2 Å². The highest BCUT2D eigenvalue weighted by Gasteiger charge is 2.33. The van der Waals surface area contributed by atoms with Crippen molar-refractivity contribution in [2.75, 3.05) is 13.1 Å². The summed E-state index contributed by atoms with van der Waals surface area (Å²) in [5.74, 6) is -2.54. The summed E-state index contributed by atoms with van der Waals surface area (Å²) in [4.78, 5) is 0. The minimum atomic E-state index is -4.63. The molecule has 0 saturated heterocycles. The predicted molar refractivity (Wildman–Crippen MR) is 122 cm³/mol. The van der Waals surface area contributed by atoms with Gasteiger partial charge in [0.25, 0.3) is 0 Å². The van der Waals surface area contributed by atoms with Crippen molar-refractivity contribution in [1.29, 1.82) is 0 Å². The molecule has 3 aromatic rings. The van der Waals surface area contributed by atoms with E-state index in [1.807, 2.05) is 13.0 Å². The summed E-state index contributed by atoms with van der Waals surface area (Å²) < 4.78 is 86.7. The van der Waals surface area contributed by atoms with Crippen molar-refractivity contribution in [3.8, 4) is 0 Å². The van der Waals surface area contributed by atoms with Crippen LogP contribution >= 0.6 is 0 Å². The third kappa shape index (κ3) is 10.9. The summed E-state index contributed by atoms with van der Waals surface area (Å²) in [5.41, 5.74) is 16.4. The number of benzene rings is 3. The third-order valence-electron chi connectivity index (χ3n) is 4.58. The van der Waals surface area contributed by atoms with Crippen molar-refractivity contribution < 1.29 is 30.7 Å². The van der Waals surface area contributed by atoms with Crippen molar-refractivity contribution in [3.05, 3.63) is 106 Å². The molecule has 0 aromatic heterocycles. The van der Waals surface area contributed by atoms with Gasteiger partial charge in [0.15, 0.2) is 0 Å². The molecule has 192 valence electrons. The zero-order valence-electron chi connectivity index (χ0n) is 19.1. The van der Waals surface area contributed by atoms with Crippen LogP contribution in [-0.2, 0) is 19.0 Å². The first kappa shape index (κ1) is 30.1. The van der Waals surface area contributed by atoms with Crippen molar-refractivity contribution in [2.45, 2.75) is 32.0 Å². The van der Waals surface area contributed by atoms with Gasteiger partial charge in [-0.15, -0.1) is 0 Å². The average Bonchev–Trinajstić information content (AvgIpc) is 2.76. The largest absolute Gasteiger partial charge is 0.419 e. The molecule has 6 N–H and O–H groups in total. The highest BCUT2D eigenvalue weighted by molar-refractivity contribution is 5.26. The van der Waals surface area contributed by atoms with Crippen molar-refractivity contribution >= 4 is 0 Å². The van der Waals surface area contributed by atoms with Gasteiger partial charge in [-0.2, -0.15) is 13.2 Å². The topological polar surface area (TPSA) is 78.1 Å². The second-order valence-electron chi connectivity index (χ2n) is 7.47. The summed E-state index contributed by atoms with van der Waals surface area (Å²) in [6.45, 7) is 2.49. The van der Waals surface area contributed by atoms with Crippen LogP contribution in [0.15, 0.2) is 60.7 Å². The van der Waals surface area contributed by atoms with E-state index in [1.165, 1.54) is 30.3 Å². The number of alkyl halides is 3. The van der Waals surface area contributed by atoms with Gasteiger partial charge in [0.1, 0.15) is 23.3 Å². The molecule has 0 aliphatic rings. The van der Waals surface area contributed by atoms with Crippen LogP contribution in [0.5, 0.6) is 0 Å². The summed E-state index contributed by atoms with van der Waals surface area (Å²) in [6.07, 6.45) is -3.81. The Morgan fingerprint density at radius 1 is 0.743 bits per heavy atom. The minimum Gasteiger partial charge on any atom is -0.330 e. The van der Waals surface area contributed by atoms with Crippen LogP contribution < -0.4 is 17.2 Å². The monoisotopic (exact) mass is 503 g/mol. The van der Waals surface area contributed by atoms with Gasteiger partial charge in [0.2, 0.25) is 0 Å². The average molecular weight is 504 g/mol. The zero-order chi connectivity index (χ0) is 26.6. The lowest BCUT2D eigenvalue weighted by atomic mass is 10.1. The summed E-state index contributed by atoms with van der Waals surface area (Å²) in [7, 11) is 0. The summed E-state index contributed by atoms with van der Waals surface area (Å²) in [5, 5.41) is 0. The molecule has 0 aliphatic heterocycles. The normalized spacial score (nSPS) is 11.6.